The molecule has 0 bridgehead atoms. The van der Waals surface area contributed by atoms with Crippen LogP contribution in [0.3, 0.4) is 0 Å². The van der Waals surface area contributed by atoms with E-state index in [0.717, 1.165) is 17.0 Å². The van der Waals surface area contributed by atoms with E-state index in [0.29, 0.717) is 0 Å². The van der Waals surface area contributed by atoms with Gasteiger partial charge in [-0.15, -0.1) is 0 Å². The van der Waals surface area contributed by atoms with Crippen LogP contribution in [0, 0.1) is 0 Å². The van der Waals surface area contributed by atoms with Crippen molar-refractivity contribution in [3.05, 3.63) is 30.0 Å². The highest BCUT2D eigenvalue weighted by Crippen LogP contribution is 2.30. The molecule has 15 heavy (non-hydrogen) atoms. The molecule has 0 radical (unpaired) electrons. The number of anilines is 1. The highest BCUT2D eigenvalue weighted by molar-refractivity contribution is 5.63. The van der Waals surface area contributed by atoms with Gasteiger partial charge in [0.2, 0.25) is 0 Å². The number of nitrogens with two attached hydrogens (primary N) is 1. The number of hydrogen-bond acceptors (Lipinski definition) is 3. The van der Waals surface area contributed by atoms with Gasteiger partial charge in [0.15, 0.2) is 5.75 Å². The molecule has 0 amide bonds. The summed E-state index contributed by atoms with van der Waals surface area (Å²) in [6, 6.07) is 5.65. The van der Waals surface area contributed by atoms with Crippen LogP contribution in [-0.2, 0) is 0 Å². The van der Waals surface area contributed by atoms with Gasteiger partial charge in [0.25, 0.3) is 0 Å². The van der Waals surface area contributed by atoms with Gasteiger partial charge in [0, 0.05) is 17.5 Å². The Morgan fingerprint density at radius 2 is 2.00 bits per heavy atom. The van der Waals surface area contributed by atoms with Crippen molar-refractivity contribution >= 4 is 11.8 Å². The molecule has 1 aromatic rings. The number of hydrogen-bond donors (Lipinski definition) is 1. The molecule has 3 nitrogen and oxygen atoms in total. The van der Waals surface area contributed by atoms with Gasteiger partial charge >= 0.3 is 0 Å². The Labute approximate surface area is 90.1 Å². The summed E-state index contributed by atoms with van der Waals surface area (Å²) in [6.45, 7) is 6.29. The van der Waals surface area contributed by atoms with Crippen LogP contribution in [0.15, 0.2) is 24.4 Å². The van der Waals surface area contributed by atoms with Crippen molar-refractivity contribution in [2.24, 2.45) is 0 Å². The third-order valence-corrected chi connectivity index (χ3v) is 2.28. The minimum absolute atomic E-state index is 0.0461. The molecule has 0 spiro atoms. The molecule has 80 valence electrons. The van der Waals surface area contributed by atoms with Crippen LogP contribution in [0.4, 0.5) is 5.69 Å². The molecule has 1 heterocycles. The van der Waals surface area contributed by atoms with E-state index in [1.165, 1.54) is 0 Å². The fourth-order valence-electron chi connectivity index (χ4n) is 1.43. The van der Waals surface area contributed by atoms with E-state index in [9.17, 15) is 0 Å². The molecule has 0 aliphatic carbocycles. The van der Waals surface area contributed by atoms with Crippen LogP contribution in [0.25, 0.3) is 6.08 Å². The van der Waals surface area contributed by atoms with Crippen LogP contribution >= 0.6 is 0 Å². The van der Waals surface area contributed by atoms with E-state index in [1.807, 2.05) is 35.5 Å². The maximum atomic E-state index is 5.74. The largest absolute Gasteiger partial charge is 0.399 e. The molecule has 3 heteroatoms. The number of benzene rings is 1. The summed E-state index contributed by atoms with van der Waals surface area (Å²) < 4.78 is 0. The number of nitrogens with zero attached hydrogens (tertiary/aromatic N) is 1. The van der Waals surface area contributed by atoms with Crippen molar-refractivity contribution in [2.75, 3.05) is 5.73 Å². The third-order valence-electron chi connectivity index (χ3n) is 2.28. The fraction of sp³-hybridized carbons (Fsp3) is 0.333. The van der Waals surface area contributed by atoms with E-state index in [-0.39, 0.29) is 5.54 Å². The first-order valence-electron chi connectivity index (χ1n) is 5.02. The second-order valence-electron chi connectivity index (χ2n) is 4.70. The average Bonchev–Trinajstić information content (AvgIpc) is 2.15. The SMILES string of the molecule is CC(C)(C)N1C=Cc2cc(N)ccc2O1. The highest BCUT2D eigenvalue weighted by atomic mass is 16.7. The average molecular weight is 204 g/mol. The molecule has 2 rings (SSSR count). The van der Waals surface area contributed by atoms with E-state index < -0.39 is 0 Å². The van der Waals surface area contributed by atoms with Crippen LogP contribution in [0.1, 0.15) is 26.3 Å². The predicted molar refractivity (Wildman–Crippen MR) is 62.1 cm³/mol. The first-order valence-corrected chi connectivity index (χ1v) is 5.02. The van der Waals surface area contributed by atoms with Gasteiger partial charge in [-0.3, -0.25) is 0 Å². The van der Waals surface area contributed by atoms with Gasteiger partial charge in [0.05, 0.1) is 5.54 Å². The van der Waals surface area contributed by atoms with Crippen molar-refractivity contribution in [2.45, 2.75) is 26.3 Å². The first kappa shape index (κ1) is 9.90. The minimum Gasteiger partial charge on any atom is -0.399 e. The standard InChI is InChI=1S/C12H16N2O/c1-12(2,3)14-7-6-9-8-10(13)4-5-11(9)15-14/h4-8H,13H2,1-3H3. The van der Waals surface area contributed by atoms with Gasteiger partial charge in [-0.25, -0.2) is 5.06 Å². The molecule has 0 fully saturated rings. The fourth-order valence-corrected chi connectivity index (χ4v) is 1.43. The lowest BCUT2D eigenvalue weighted by Gasteiger charge is -2.35. The lowest BCUT2D eigenvalue weighted by atomic mass is 10.1. The van der Waals surface area contributed by atoms with Crippen LogP contribution < -0.4 is 10.6 Å². The van der Waals surface area contributed by atoms with E-state index in [4.69, 9.17) is 10.6 Å². The summed E-state index contributed by atoms with van der Waals surface area (Å²) in [7, 11) is 0. The van der Waals surface area contributed by atoms with E-state index >= 15 is 0 Å². The second kappa shape index (κ2) is 3.19. The molecule has 0 atom stereocenters. The predicted octanol–water partition coefficient (Wildman–Crippen LogP) is 2.65. The summed E-state index contributed by atoms with van der Waals surface area (Å²) in [6.07, 6.45) is 3.95. The zero-order valence-corrected chi connectivity index (χ0v) is 9.32. The lowest BCUT2D eigenvalue weighted by molar-refractivity contribution is -0.0811. The van der Waals surface area contributed by atoms with Gasteiger partial charge in [-0.2, -0.15) is 0 Å². The molecule has 0 saturated heterocycles. The summed E-state index contributed by atoms with van der Waals surface area (Å²) in [5, 5.41) is 1.84. The van der Waals surface area contributed by atoms with Crippen molar-refractivity contribution in [3.63, 3.8) is 0 Å². The molecule has 0 unspecified atom stereocenters. The molecule has 0 aromatic heterocycles. The molecule has 2 N–H and O–H groups in total. The van der Waals surface area contributed by atoms with Crippen molar-refractivity contribution in [1.82, 2.24) is 5.06 Å². The Morgan fingerprint density at radius 3 is 2.67 bits per heavy atom. The minimum atomic E-state index is -0.0461. The summed E-state index contributed by atoms with van der Waals surface area (Å²) in [5.41, 5.74) is 7.43. The second-order valence-corrected chi connectivity index (χ2v) is 4.70. The van der Waals surface area contributed by atoms with E-state index in [2.05, 4.69) is 20.8 Å². The molecular weight excluding hydrogens is 188 g/mol. The maximum absolute atomic E-state index is 5.74. The molecule has 1 aliphatic heterocycles. The Kier molecular flexibility index (Phi) is 2.11. The smallest absolute Gasteiger partial charge is 0.162 e. The van der Waals surface area contributed by atoms with Gasteiger partial charge in [-0.1, -0.05) is 0 Å². The number of hydroxylamine groups is 2. The zero-order valence-electron chi connectivity index (χ0n) is 9.32. The Hall–Kier alpha value is -1.64. The molecule has 1 aliphatic rings. The first-order chi connectivity index (χ1) is 6.97. The Bertz CT molecular complexity index is 405. The van der Waals surface area contributed by atoms with Gasteiger partial charge in [0.1, 0.15) is 0 Å². The van der Waals surface area contributed by atoms with Crippen LogP contribution in [0.5, 0.6) is 5.75 Å². The van der Waals surface area contributed by atoms with Crippen LogP contribution in [-0.4, -0.2) is 10.6 Å². The summed E-state index contributed by atoms with van der Waals surface area (Å²) in [4.78, 5) is 5.74. The Morgan fingerprint density at radius 1 is 1.27 bits per heavy atom. The summed E-state index contributed by atoms with van der Waals surface area (Å²) >= 11 is 0. The Balaban J connectivity index is 2.32. The van der Waals surface area contributed by atoms with Crippen molar-refractivity contribution in [3.8, 4) is 5.75 Å². The maximum Gasteiger partial charge on any atom is 0.162 e. The third kappa shape index (κ3) is 1.91. The lowest BCUT2D eigenvalue weighted by Crippen LogP contribution is -2.40. The van der Waals surface area contributed by atoms with Gasteiger partial charge in [-0.05, 0) is 45.0 Å². The van der Waals surface area contributed by atoms with Gasteiger partial charge < -0.3 is 10.6 Å². The molecule has 0 saturated carbocycles. The number of fused-ring (bicyclic) bond motifs is 1. The van der Waals surface area contributed by atoms with Crippen molar-refractivity contribution in [1.29, 1.82) is 0 Å². The van der Waals surface area contributed by atoms with Crippen molar-refractivity contribution < 1.29 is 4.84 Å². The molecular formula is C12H16N2O. The molecule has 1 aromatic carbocycles. The quantitative estimate of drug-likeness (QED) is 0.660. The van der Waals surface area contributed by atoms with E-state index in [1.54, 1.807) is 0 Å². The topological polar surface area (TPSA) is 38.5 Å². The summed E-state index contributed by atoms with van der Waals surface area (Å²) in [5.74, 6) is 0.849. The zero-order chi connectivity index (χ0) is 11.1. The number of rotatable bonds is 0. The van der Waals surface area contributed by atoms with Crippen LogP contribution in [0.2, 0.25) is 0 Å². The normalized spacial score (nSPS) is 14.7. The monoisotopic (exact) mass is 204 g/mol. The number of nitrogen functional groups attached to an aromatic ring is 1. The highest BCUT2D eigenvalue weighted by Gasteiger charge is 2.23.